The van der Waals surface area contributed by atoms with E-state index in [0.717, 1.165) is 31.4 Å². The number of carbonyl (C=O) groups is 2. The van der Waals surface area contributed by atoms with Gasteiger partial charge in [0.1, 0.15) is 12.2 Å². The van der Waals surface area contributed by atoms with Crippen LogP contribution in [0.3, 0.4) is 0 Å². The highest BCUT2D eigenvalue weighted by molar-refractivity contribution is 5.94. The van der Waals surface area contributed by atoms with Crippen LogP contribution in [0, 0.1) is 24.2 Å². The van der Waals surface area contributed by atoms with Gasteiger partial charge in [-0.15, -0.1) is 12.3 Å². The molecule has 8 heteroatoms. The molecule has 8 nitrogen and oxygen atoms in total. The van der Waals surface area contributed by atoms with Crippen LogP contribution in [0.4, 0.5) is 10.6 Å². The Bertz CT molecular complexity index is 779. The predicted molar refractivity (Wildman–Crippen MR) is 96.6 cm³/mol. The van der Waals surface area contributed by atoms with E-state index >= 15 is 0 Å². The summed E-state index contributed by atoms with van der Waals surface area (Å²) in [5.74, 6) is 2.85. The van der Waals surface area contributed by atoms with E-state index in [0.29, 0.717) is 18.8 Å². The van der Waals surface area contributed by atoms with Gasteiger partial charge in [0.2, 0.25) is 5.91 Å². The van der Waals surface area contributed by atoms with Gasteiger partial charge < -0.3 is 20.1 Å². The number of H-pyrrole nitrogens is 1. The lowest BCUT2D eigenvalue weighted by molar-refractivity contribution is -0.117. The van der Waals surface area contributed by atoms with Gasteiger partial charge in [-0.05, 0) is 32.6 Å². The van der Waals surface area contributed by atoms with Gasteiger partial charge in [-0.2, -0.15) is 5.10 Å². The number of rotatable bonds is 5. The van der Waals surface area contributed by atoms with Crippen molar-refractivity contribution in [2.75, 3.05) is 11.9 Å². The summed E-state index contributed by atoms with van der Waals surface area (Å²) in [4.78, 5) is 24.1. The topological polar surface area (TPSA) is 105 Å². The monoisotopic (exact) mass is 372 g/mol. The molecule has 1 saturated heterocycles. The molecule has 0 radical (unpaired) electrons. The summed E-state index contributed by atoms with van der Waals surface area (Å²) in [6.07, 6.45) is 8.75. The summed E-state index contributed by atoms with van der Waals surface area (Å²) in [5, 5.41) is 12.7. The molecule has 2 amide bonds. The third-order valence-electron chi connectivity index (χ3n) is 5.63. The summed E-state index contributed by atoms with van der Waals surface area (Å²) < 4.78 is 11.2. The Morgan fingerprint density at radius 2 is 2.26 bits per heavy atom. The van der Waals surface area contributed by atoms with Crippen molar-refractivity contribution in [1.82, 2.24) is 15.5 Å². The minimum atomic E-state index is -0.392. The summed E-state index contributed by atoms with van der Waals surface area (Å²) in [5.41, 5.74) is 0.610. The van der Waals surface area contributed by atoms with Gasteiger partial charge in [0.05, 0.1) is 18.2 Å². The lowest BCUT2D eigenvalue weighted by atomic mass is 9.79. The highest BCUT2D eigenvalue weighted by atomic mass is 16.6. The Morgan fingerprint density at radius 1 is 1.44 bits per heavy atom. The standard InChI is InChI=1S/C19H24N4O4/c1-3-11-7-13(11)17(24)20-16-9-14(22-23-16)15-8-12(10-26-15)27-18(25)21-19(2)5-4-6-19/h1,9,11-13,15H,4-8,10H2,2H3,(H,21,25)(H2,20,22,23,24)/t11-,12-,13-,15-/m0/s1. The van der Waals surface area contributed by atoms with Crippen molar-refractivity contribution in [2.45, 2.75) is 56.8 Å². The van der Waals surface area contributed by atoms with Crippen LogP contribution in [-0.4, -0.2) is 40.4 Å². The van der Waals surface area contributed by atoms with E-state index in [-0.39, 0.29) is 35.5 Å². The largest absolute Gasteiger partial charge is 0.444 e. The van der Waals surface area contributed by atoms with Gasteiger partial charge in [0.15, 0.2) is 5.82 Å². The van der Waals surface area contributed by atoms with E-state index in [1.54, 1.807) is 6.07 Å². The molecule has 1 aromatic rings. The fourth-order valence-corrected chi connectivity index (χ4v) is 3.61. The fourth-order valence-electron chi connectivity index (χ4n) is 3.61. The van der Waals surface area contributed by atoms with Gasteiger partial charge in [-0.1, -0.05) is 0 Å². The molecule has 4 atom stereocenters. The molecule has 2 saturated carbocycles. The van der Waals surface area contributed by atoms with Crippen molar-refractivity contribution < 1.29 is 19.1 Å². The number of hydrogen-bond acceptors (Lipinski definition) is 5. The Balaban J connectivity index is 1.25. The lowest BCUT2D eigenvalue weighted by Crippen LogP contribution is -2.51. The minimum absolute atomic E-state index is 0.0350. The maximum Gasteiger partial charge on any atom is 0.407 e. The van der Waals surface area contributed by atoms with Crippen molar-refractivity contribution in [3.63, 3.8) is 0 Å². The number of carbonyl (C=O) groups excluding carboxylic acids is 2. The molecule has 1 aromatic heterocycles. The second-order valence-electron chi connectivity index (χ2n) is 7.94. The molecule has 27 heavy (non-hydrogen) atoms. The molecule has 3 N–H and O–H groups in total. The highest BCUT2D eigenvalue weighted by Crippen LogP contribution is 2.38. The number of ether oxygens (including phenoxy) is 2. The molecule has 0 unspecified atom stereocenters. The van der Waals surface area contributed by atoms with Crippen LogP contribution in [-0.2, 0) is 14.3 Å². The second-order valence-corrected chi connectivity index (χ2v) is 7.94. The van der Waals surface area contributed by atoms with Crippen molar-refractivity contribution >= 4 is 17.8 Å². The molecule has 0 spiro atoms. The molecular weight excluding hydrogens is 348 g/mol. The second kappa shape index (κ2) is 6.89. The van der Waals surface area contributed by atoms with E-state index in [2.05, 4.69) is 26.8 Å². The highest BCUT2D eigenvalue weighted by Gasteiger charge is 2.42. The van der Waals surface area contributed by atoms with Gasteiger partial charge in [-0.3, -0.25) is 9.89 Å². The summed E-state index contributed by atoms with van der Waals surface area (Å²) in [7, 11) is 0. The Morgan fingerprint density at radius 3 is 2.93 bits per heavy atom. The maximum absolute atomic E-state index is 12.0. The van der Waals surface area contributed by atoms with E-state index in [1.165, 1.54) is 0 Å². The zero-order valence-corrected chi connectivity index (χ0v) is 15.3. The molecule has 3 aliphatic rings. The van der Waals surface area contributed by atoms with Gasteiger partial charge in [-0.25, -0.2) is 4.79 Å². The van der Waals surface area contributed by atoms with Gasteiger partial charge in [0.25, 0.3) is 0 Å². The predicted octanol–water partition coefficient (Wildman–Crippen LogP) is 2.12. The van der Waals surface area contributed by atoms with Crippen LogP contribution in [0.5, 0.6) is 0 Å². The third kappa shape index (κ3) is 3.93. The van der Waals surface area contributed by atoms with Crippen molar-refractivity contribution in [3.8, 4) is 12.3 Å². The first-order valence-corrected chi connectivity index (χ1v) is 9.38. The van der Waals surface area contributed by atoms with Crippen LogP contribution >= 0.6 is 0 Å². The molecule has 0 bridgehead atoms. The number of amides is 2. The van der Waals surface area contributed by atoms with Crippen molar-refractivity contribution in [3.05, 3.63) is 11.8 Å². The average Bonchev–Trinajstić information content (AvgIpc) is 3.02. The number of nitrogens with zero attached hydrogens (tertiary/aromatic N) is 1. The molecule has 1 aliphatic heterocycles. The minimum Gasteiger partial charge on any atom is -0.444 e. The van der Waals surface area contributed by atoms with Crippen LogP contribution in [0.1, 0.15) is 50.8 Å². The normalized spacial score (nSPS) is 30.7. The number of anilines is 1. The average molecular weight is 372 g/mol. The SMILES string of the molecule is C#C[C@H]1C[C@@H]1C(=O)Nc1cc([C@@H]2C[C@H](OC(=O)NC3(C)CCC3)CO2)[nH]n1. The number of terminal acetylenes is 1. The van der Waals surface area contributed by atoms with E-state index in [9.17, 15) is 9.59 Å². The van der Waals surface area contributed by atoms with E-state index in [1.807, 2.05) is 6.92 Å². The Kier molecular flexibility index (Phi) is 4.56. The zero-order valence-electron chi connectivity index (χ0n) is 15.3. The molecule has 144 valence electrons. The number of hydrogen-bond donors (Lipinski definition) is 3. The van der Waals surface area contributed by atoms with Gasteiger partial charge in [0, 0.05) is 23.9 Å². The van der Waals surface area contributed by atoms with Gasteiger partial charge >= 0.3 is 6.09 Å². The summed E-state index contributed by atoms with van der Waals surface area (Å²) in [6.45, 7) is 2.36. The molecule has 3 fully saturated rings. The van der Waals surface area contributed by atoms with Crippen LogP contribution in [0.2, 0.25) is 0 Å². The first kappa shape index (κ1) is 17.9. The van der Waals surface area contributed by atoms with Crippen molar-refractivity contribution in [1.29, 1.82) is 0 Å². The molecule has 2 aliphatic carbocycles. The van der Waals surface area contributed by atoms with Crippen molar-refractivity contribution in [2.24, 2.45) is 11.8 Å². The van der Waals surface area contributed by atoms with Crippen LogP contribution < -0.4 is 10.6 Å². The maximum atomic E-state index is 12.0. The van der Waals surface area contributed by atoms with Crippen LogP contribution in [0.15, 0.2) is 6.07 Å². The summed E-state index contributed by atoms with van der Waals surface area (Å²) in [6, 6.07) is 1.74. The first-order chi connectivity index (χ1) is 13.0. The number of nitrogens with one attached hydrogen (secondary N) is 3. The van der Waals surface area contributed by atoms with E-state index < -0.39 is 6.09 Å². The number of alkyl carbamates (subject to hydrolysis) is 1. The fraction of sp³-hybridized carbons (Fsp3) is 0.632. The summed E-state index contributed by atoms with van der Waals surface area (Å²) >= 11 is 0. The number of aromatic nitrogens is 2. The lowest BCUT2D eigenvalue weighted by Gasteiger charge is -2.38. The van der Waals surface area contributed by atoms with Crippen LogP contribution in [0.25, 0.3) is 0 Å². The Hall–Kier alpha value is -2.53. The molecule has 4 rings (SSSR count). The third-order valence-corrected chi connectivity index (χ3v) is 5.63. The van der Waals surface area contributed by atoms with E-state index in [4.69, 9.17) is 15.9 Å². The quantitative estimate of drug-likeness (QED) is 0.687. The number of aromatic amines is 1. The smallest absolute Gasteiger partial charge is 0.407 e. The molecular formula is C19H24N4O4. The zero-order chi connectivity index (χ0) is 19.0. The molecule has 2 heterocycles. The Labute approximate surface area is 157 Å². The molecule has 0 aromatic carbocycles. The first-order valence-electron chi connectivity index (χ1n) is 9.38.